The molecule has 3 heteroatoms. The van der Waals surface area contributed by atoms with Gasteiger partial charge in [-0.2, -0.15) is 0 Å². The smallest absolute Gasteiger partial charge is 0.239 e. The molecule has 1 fully saturated rings. The minimum Gasteiger partial charge on any atom is -0.459 e. The van der Waals surface area contributed by atoms with Crippen molar-refractivity contribution in [3.05, 3.63) is 29.3 Å². The van der Waals surface area contributed by atoms with E-state index in [0.29, 0.717) is 11.6 Å². The number of halogens is 1. The molecule has 1 heterocycles. The van der Waals surface area contributed by atoms with Crippen molar-refractivity contribution < 1.29 is 9.47 Å². The van der Waals surface area contributed by atoms with Gasteiger partial charge in [0.15, 0.2) is 0 Å². The van der Waals surface area contributed by atoms with Crippen molar-refractivity contribution in [3.63, 3.8) is 0 Å². The Kier molecular flexibility index (Phi) is 2.44. The third-order valence-corrected chi connectivity index (χ3v) is 2.90. The zero-order valence-electron chi connectivity index (χ0n) is 9.21. The fraction of sp³-hybridized carbons (Fsp3) is 0.500. The Morgan fingerprint density at radius 1 is 1.27 bits per heavy atom. The summed E-state index contributed by atoms with van der Waals surface area (Å²) in [5, 5.41) is 0.712. The lowest BCUT2D eigenvalue weighted by molar-refractivity contribution is -0.0307. The molecule has 0 radical (unpaired) electrons. The van der Waals surface area contributed by atoms with Gasteiger partial charge in [-0.1, -0.05) is 32.4 Å². The van der Waals surface area contributed by atoms with Crippen molar-refractivity contribution in [2.75, 3.05) is 6.61 Å². The molecule has 1 saturated heterocycles. The van der Waals surface area contributed by atoms with Crippen LogP contribution in [0.25, 0.3) is 0 Å². The number of hydrogen-bond acceptors (Lipinski definition) is 2. The molecule has 1 aromatic rings. The second-order valence-electron chi connectivity index (χ2n) is 4.85. The number of benzene rings is 1. The molecule has 1 atom stereocenters. The van der Waals surface area contributed by atoms with Crippen LogP contribution in [0.15, 0.2) is 24.3 Å². The van der Waals surface area contributed by atoms with Gasteiger partial charge in [-0.3, -0.25) is 0 Å². The normalized spacial score (nSPS) is 25.1. The van der Waals surface area contributed by atoms with Gasteiger partial charge in [-0.15, -0.1) is 0 Å². The first-order valence-electron chi connectivity index (χ1n) is 5.01. The molecule has 0 aromatic heterocycles. The van der Waals surface area contributed by atoms with Crippen LogP contribution in [0.2, 0.25) is 5.02 Å². The molecular weight excluding hydrogens is 212 g/mol. The summed E-state index contributed by atoms with van der Waals surface area (Å²) in [5.41, 5.74) is -0.0212. The van der Waals surface area contributed by atoms with E-state index in [9.17, 15) is 0 Å². The van der Waals surface area contributed by atoms with Gasteiger partial charge in [0.25, 0.3) is 0 Å². The van der Waals surface area contributed by atoms with Gasteiger partial charge in [-0.25, -0.2) is 0 Å². The molecule has 0 bridgehead atoms. The van der Waals surface area contributed by atoms with Gasteiger partial charge in [0.2, 0.25) is 5.79 Å². The predicted octanol–water partition coefficient (Wildman–Crippen LogP) is 3.49. The number of epoxide rings is 1. The first-order valence-corrected chi connectivity index (χ1v) is 5.39. The van der Waals surface area contributed by atoms with Crippen molar-refractivity contribution in [2.24, 2.45) is 5.41 Å². The lowest BCUT2D eigenvalue weighted by atomic mass is 9.89. The highest BCUT2D eigenvalue weighted by Crippen LogP contribution is 2.45. The van der Waals surface area contributed by atoms with Crippen LogP contribution in [0, 0.1) is 5.41 Å². The fourth-order valence-corrected chi connectivity index (χ4v) is 1.53. The topological polar surface area (TPSA) is 21.8 Å². The van der Waals surface area contributed by atoms with Crippen LogP contribution in [-0.2, 0) is 4.74 Å². The molecule has 0 aliphatic carbocycles. The van der Waals surface area contributed by atoms with Crippen molar-refractivity contribution in [1.82, 2.24) is 0 Å². The van der Waals surface area contributed by atoms with E-state index in [1.165, 1.54) is 0 Å². The Bertz CT molecular complexity index is 347. The number of hydrogen-bond donors (Lipinski definition) is 0. The average Bonchev–Trinajstić information content (AvgIpc) is 2.89. The van der Waals surface area contributed by atoms with Crippen LogP contribution in [-0.4, -0.2) is 12.4 Å². The van der Waals surface area contributed by atoms with Crippen LogP contribution >= 0.6 is 11.6 Å². The largest absolute Gasteiger partial charge is 0.459 e. The van der Waals surface area contributed by atoms with Crippen molar-refractivity contribution in [3.8, 4) is 5.75 Å². The van der Waals surface area contributed by atoms with Crippen LogP contribution in [0.3, 0.4) is 0 Å². The van der Waals surface area contributed by atoms with E-state index in [1.807, 2.05) is 24.3 Å². The molecule has 2 nitrogen and oxygen atoms in total. The number of ether oxygens (including phenoxy) is 2. The SMILES string of the molecule is CC(C)(C)C1(Oc2ccc(Cl)cc2)CO1. The van der Waals surface area contributed by atoms with E-state index in [4.69, 9.17) is 21.1 Å². The van der Waals surface area contributed by atoms with Gasteiger partial charge in [0.05, 0.1) is 0 Å². The maximum absolute atomic E-state index is 5.85. The molecule has 2 rings (SSSR count). The summed E-state index contributed by atoms with van der Waals surface area (Å²) in [6, 6.07) is 7.35. The molecule has 1 aliphatic heterocycles. The van der Waals surface area contributed by atoms with Crippen LogP contribution in [0.4, 0.5) is 0 Å². The maximum Gasteiger partial charge on any atom is 0.239 e. The summed E-state index contributed by atoms with van der Waals surface area (Å²) in [6.45, 7) is 6.97. The van der Waals surface area contributed by atoms with Gasteiger partial charge in [0, 0.05) is 10.4 Å². The Morgan fingerprint density at radius 2 is 1.80 bits per heavy atom. The zero-order chi connectivity index (χ0) is 11.1. The number of rotatable bonds is 2. The van der Waals surface area contributed by atoms with E-state index < -0.39 is 5.79 Å². The van der Waals surface area contributed by atoms with E-state index in [2.05, 4.69) is 20.8 Å². The standard InChI is InChI=1S/C12H15ClO2/c1-11(2,3)12(8-14-12)15-10-6-4-9(13)5-7-10/h4-7H,8H2,1-3H3. The Hall–Kier alpha value is -0.730. The molecule has 1 unspecified atom stereocenters. The summed E-state index contributed by atoms with van der Waals surface area (Å²) in [7, 11) is 0. The zero-order valence-corrected chi connectivity index (χ0v) is 9.97. The van der Waals surface area contributed by atoms with E-state index in [0.717, 1.165) is 5.75 Å². The lowest BCUT2D eigenvalue weighted by Crippen LogP contribution is -2.36. The van der Waals surface area contributed by atoms with Crippen LogP contribution in [0.5, 0.6) is 5.75 Å². The van der Waals surface area contributed by atoms with Crippen molar-refractivity contribution >= 4 is 11.6 Å². The molecule has 1 aromatic carbocycles. The molecule has 0 saturated carbocycles. The Morgan fingerprint density at radius 3 is 2.20 bits per heavy atom. The molecule has 0 amide bonds. The fourth-order valence-electron chi connectivity index (χ4n) is 1.40. The van der Waals surface area contributed by atoms with Gasteiger partial charge >= 0.3 is 0 Å². The third kappa shape index (κ3) is 2.11. The summed E-state index contributed by atoms with van der Waals surface area (Å²) >= 11 is 5.80. The van der Waals surface area contributed by atoms with E-state index >= 15 is 0 Å². The summed E-state index contributed by atoms with van der Waals surface area (Å²) in [4.78, 5) is 0. The van der Waals surface area contributed by atoms with Crippen LogP contribution in [0.1, 0.15) is 20.8 Å². The summed E-state index contributed by atoms with van der Waals surface area (Å²) in [5.74, 6) is 0.340. The van der Waals surface area contributed by atoms with Gasteiger partial charge < -0.3 is 9.47 Å². The Balaban J connectivity index is 2.13. The second kappa shape index (κ2) is 3.39. The molecule has 15 heavy (non-hydrogen) atoms. The Labute approximate surface area is 95.1 Å². The van der Waals surface area contributed by atoms with Crippen molar-refractivity contribution in [2.45, 2.75) is 26.6 Å². The highest BCUT2D eigenvalue weighted by atomic mass is 35.5. The predicted molar refractivity (Wildman–Crippen MR) is 60.2 cm³/mol. The first kappa shape index (κ1) is 10.8. The van der Waals surface area contributed by atoms with Crippen molar-refractivity contribution in [1.29, 1.82) is 0 Å². The van der Waals surface area contributed by atoms with Gasteiger partial charge in [-0.05, 0) is 24.3 Å². The molecular formula is C12H15ClO2. The third-order valence-electron chi connectivity index (χ3n) is 2.65. The second-order valence-corrected chi connectivity index (χ2v) is 5.28. The highest BCUT2D eigenvalue weighted by Gasteiger charge is 2.57. The molecule has 0 spiro atoms. The molecule has 82 valence electrons. The average molecular weight is 227 g/mol. The van der Waals surface area contributed by atoms with Crippen LogP contribution < -0.4 is 4.74 Å². The maximum atomic E-state index is 5.85. The first-order chi connectivity index (χ1) is 6.93. The molecule has 1 aliphatic rings. The minimum atomic E-state index is -0.458. The summed E-state index contributed by atoms with van der Waals surface area (Å²) < 4.78 is 11.3. The summed E-state index contributed by atoms with van der Waals surface area (Å²) in [6.07, 6.45) is 0. The highest BCUT2D eigenvalue weighted by molar-refractivity contribution is 6.30. The minimum absolute atomic E-state index is 0.0212. The van der Waals surface area contributed by atoms with Gasteiger partial charge in [0.1, 0.15) is 12.4 Å². The van der Waals surface area contributed by atoms with E-state index in [-0.39, 0.29) is 5.41 Å². The van der Waals surface area contributed by atoms with E-state index in [1.54, 1.807) is 0 Å². The lowest BCUT2D eigenvalue weighted by Gasteiger charge is -2.27. The molecule has 0 N–H and O–H groups in total. The quantitative estimate of drug-likeness (QED) is 0.720. The monoisotopic (exact) mass is 226 g/mol.